The van der Waals surface area contributed by atoms with Gasteiger partial charge in [-0.05, 0) is 18.2 Å². The van der Waals surface area contributed by atoms with Gasteiger partial charge in [0, 0.05) is 49.7 Å². The topological polar surface area (TPSA) is 82.6 Å². The van der Waals surface area contributed by atoms with Gasteiger partial charge in [0.2, 0.25) is 10.0 Å². The Hall–Kier alpha value is -1.97. The molecule has 0 aliphatic carbocycles. The average Bonchev–Trinajstić information content (AvgIpc) is 2.95. The molecule has 7 nitrogen and oxygen atoms in total. The summed E-state index contributed by atoms with van der Waals surface area (Å²) in [5, 5.41) is 3.32. The van der Waals surface area contributed by atoms with Gasteiger partial charge in [0.25, 0.3) is 5.91 Å². The van der Waals surface area contributed by atoms with Gasteiger partial charge >= 0.3 is 0 Å². The van der Waals surface area contributed by atoms with E-state index in [1.807, 2.05) is 37.2 Å². The molecule has 0 bridgehead atoms. The van der Waals surface area contributed by atoms with Crippen molar-refractivity contribution in [2.75, 3.05) is 37.1 Å². The van der Waals surface area contributed by atoms with E-state index >= 15 is 0 Å². The number of amides is 1. The van der Waals surface area contributed by atoms with Gasteiger partial charge in [-0.1, -0.05) is 6.07 Å². The number of sulfonamides is 1. The van der Waals surface area contributed by atoms with Crippen LogP contribution in [-0.2, 0) is 23.0 Å². The molecule has 1 amide bonds. The van der Waals surface area contributed by atoms with Gasteiger partial charge < -0.3 is 4.90 Å². The van der Waals surface area contributed by atoms with E-state index in [1.54, 1.807) is 6.07 Å². The lowest BCUT2D eigenvalue weighted by molar-refractivity contribution is 0.102. The quantitative estimate of drug-likeness (QED) is 0.874. The number of aromatic nitrogens is 1. The van der Waals surface area contributed by atoms with Gasteiger partial charge in [-0.3, -0.25) is 10.1 Å². The third-order valence-corrected chi connectivity index (χ3v) is 6.26. The van der Waals surface area contributed by atoms with Crippen LogP contribution in [0.15, 0.2) is 24.3 Å². The molecule has 1 aliphatic rings. The van der Waals surface area contributed by atoms with E-state index in [9.17, 15) is 13.2 Å². The summed E-state index contributed by atoms with van der Waals surface area (Å²) in [6, 6.07) is 7.33. The van der Waals surface area contributed by atoms with Gasteiger partial charge in [-0.2, -0.15) is 4.31 Å². The van der Waals surface area contributed by atoms with Crippen molar-refractivity contribution >= 4 is 38.1 Å². The number of thiazole rings is 1. The van der Waals surface area contributed by atoms with Crippen LogP contribution < -0.4 is 10.2 Å². The van der Waals surface area contributed by atoms with Gasteiger partial charge in [0.05, 0.1) is 11.9 Å². The molecule has 2 aromatic rings. The predicted molar refractivity (Wildman–Crippen MR) is 99.8 cm³/mol. The molecule has 0 radical (unpaired) electrons. The van der Waals surface area contributed by atoms with Gasteiger partial charge in [-0.25, -0.2) is 13.4 Å². The zero-order valence-electron chi connectivity index (χ0n) is 14.3. The molecular weight excluding hydrogens is 360 g/mol. The van der Waals surface area contributed by atoms with Crippen molar-refractivity contribution in [1.82, 2.24) is 9.29 Å². The highest BCUT2D eigenvalue weighted by Gasteiger charge is 2.26. The predicted octanol–water partition coefficient (Wildman–Crippen LogP) is 1.78. The van der Waals surface area contributed by atoms with Crippen LogP contribution in [0, 0.1) is 0 Å². The molecule has 0 spiro atoms. The summed E-state index contributed by atoms with van der Waals surface area (Å²) in [5.41, 5.74) is 2.36. The van der Waals surface area contributed by atoms with Crippen molar-refractivity contribution < 1.29 is 13.2 Å². The Morgan fingerprint density at radius 3 is 2.80 bits per heavy atom. The number of benzene rings is 1. The number of anilines is 2. The Labute approximate surface area is 151 Å². The molecule has 0 saturated heterocycles. The van der Waals surface area contributed by atoms with Crippen molar-refractivity contribution in [3.8, 4) is 0 Å². The maximum Gasteiger partial charge on any atom is 0.257 e. The van der Waals surface area contributed by atoms with E-state index in [0.717, 1.165) is 16.3 Å². The Morgan fingerprint density at radius 2 is 2.12 bits per heavy atom. The number of hydrogen-bond acceptors (Lipinski definition) is 6. The third kappa shape index (κ3) is 4.00. The first-order chi connectivity index (χ1) is 11.7. The smallest absolute Gasteiger partial charge is 0.257 e. The van der Waals surface area contributed by atoms with Crippen LogP contribution in [0.5, 0.6) is 0 Å². The highest BCUT2D eigenvalue weighted by Crippen LogP contribution is 2.29. The van der Waals surface area contributed by atoms with Crippen LogP contribution in [0.3, 0.4) is 0 Å². The second-order valence-electron chi connectivity index (χ2n) is 6.13. The Bertz CT molecular complexity index is 906. The maximum absolute atomic E-state index is 12.5. The first-order valence-corrected chi connectivity index (χ1v) is 10.4. The number of carbonyl (C=O) groups excluding carboxylic acids is 1. The van der Waals surface area contributed by atoms with E-state index in [0.29, 0.717) is 30.2 Å². The van der Waals surface area contributed by atoms with E-state index in [1.165, 1.54) is 21.9 Å². The Kier molecular flexibility index (Phi) is 4.81. The third-order valence-electron chi connectivity index (χ3n) is 4.01. The molecule has 0 fully saturated rings. The van der Waals surface area contributed by atoms with E-state index in [4.69, 9.17) is 0 Å². The van der Waals surface area contributed by atoms with Crippen LogP contribution >= 0.6 is 11.3 Å². The zero-order valence-corrected chi connectivity index (χ0v) is 15.9. The highest BCUT2D eigenvalue weighted by molar-refractivity contribution is 7.88. The molecule has 2 heterocycles. The summed E-state index contributed by atoms with van der Waals surface area (Å²) >= 11 is 1.33. The fourth-order valence-corrected chi connectivity index (χ4v) is 4.49. The van der Waals surface area contributed by atoms with Crippen molar-refractivity contribution in [3.63, 3.8) is 0 Å². The molecule has 134 valence electrons. The fourth-order valence-electron chi connectivity index (χ4n) is 2.60. The number of fused-ring (bicyclic) bond motifs is 1. The average molecular weight is 380 g/mol. The van der Waals surface area contributed by atoms with E-state index in [-0.39, 0.29) is 5.91 Å². The van der Waals surface area contributed by atoms with Crippen molar-refractivity contribution in [2.45, 2.75) is 13.0 Å². The van der Waals surface area contributed by atoms with Crippen LogP contribution in [0.4, 0.5) is 10.8 Å². The normalized spacial score (nSPS) is 14.8. The lowest BCUT2D eigenvalue weighted by Crippen LogP contribution is -2.34. The monoisotopic (exact) mass is 380 g/mol. The van der Waals surface area contributed by atoms with E-state index in [2.05, 4.69) is 10.3 Å². The molecule has 0 unspecified atom stereocenters. The minimum atomic E-state index is -3.22. The molecule has 0 atom stereocenters. The molecular formula is C16H20N4O3S2. The molecule has 1 aromatic carbocycles. The van der Waals surface area contributed by atoms with Gasteiger partial charge in [0.15, 0.2) is 5.13 Å². The van der Waals surface area contributed by atoms with Gasteiger partial charge in [0.1, 0.15) is 0 Å². The van der Waals surface area contributed by atoms with E-state index < -0.39 is 10.0 Å². The minimum absolute atomic E-state index is 0.227. The second-order valence-corrected chi connectivity index (χ2v) is 9.20. The summed E-state index contributed by atoms with van der Waals surface area (Å²) < 4.78 is 24.8. The molecule has 25 heavy (non-hydrogen) atoms. The van der Waals surface area contributed by atoms with Crippen molar-refractivity contribution in [1.29, 1.82) is 0 Å². The molecule has 3 rings (SSSR count). The van der Waals surface area contributed by atoms with Crippen molar-refractivity contribution in [2.24, 2.45) is 0 Å². The Morgan fingerprint density at radius 1 is 1.36 bits per heavy atom. The summed E-state index contributed by atoms with van der Waals surface area (Å²) in [6.07, 6.45) is 1.77. The first-order valence-electron chi connectivity index (χ1n) is 7.76. The maximum atomic E-state index is 12.5. The lowest BCUT2D eigenvalue weighted by Gasteiger charge is -2.23. The SMILES string of the molecule is CN(C)c1cccc(C(=O)Nc2nc3c(s2)CN(S(C)(=O)=O)CC3)c1. The van der Waals surface area contributed by atoms with Crippen LogP contribution in [-0.4, -0.2) is 50.5 Å². The standard InChI is InChI=1S/C16H20N4O3S2/c1-19(2)12-6-4-5-11(9-12)15(21)18-16-17-13-7-8-20(25(3,22)23)10-14(13)24-16/h4-6,9H,7-8,10H2,1-3H3,(H,17,18,21). The number of rotatable bonds is 4. The summed E-state index contributed by atoms with van der Waals surface area (Å²) in [6.45, 7) is 0.742. The van der Waals surface area contributed by atoms with Crippen LogP contribution in [0.1, 0.15) is 20.9 Å². The summed E-state index contributed by atoms with van der Waals surface area (Å²) in [5.74, 6) is -0.227. The fraction of sp³-hybridized carbons (Fsp3) is 0.375. The molecule has 9 heteroatoms. The number of nitrogens with one attached hydrogen (secondary N) is 1. The Balaban J connectivity index is 1.76. The second kappa shape index (κ2) is 6.74. The zero-order chi connectivity index (χ0) is 18.2. The first kappa shape index (κ1) is 17.8. The lowest BCUT2D eigenvalue weighted by atomic mass is 10.2. The largest absolute Gasteiger partial charge is 0.378 e. The highest BCUT2D eigenvalue weighted by atomic mass is 32.2. The molecule has 0 saturated carbocycles. The summed E-state index contributed by atoms with van der Waals surface area (Å²) in [7, 11) is 0.614. The van der Waals surface area contributed by atoms with Crippen molar-refractivity contribution in [3.05, 3.63) is 40.4 Å². The minimum Gasteiger partial charge on any atom is -0.378 e. The number of hydrogen-bond donors (Lipinski definition) is 1. The van der Waals surface area contributed by atoms with Crippen LogP contribution in [0.25, 0.3) is 0 Å². The number of carbonyl (C=O) groups is 1. The number of nitrogens with zero attached hydrogens (tertiary/aromatic N) is 3. The molecule has 1 aliphatic heterocycles. The van der Waals surface area contributed by atoms with Gasteiger partial charge in [-0.15, -0.1) is 11.3 Å². The van der Waals surface area contributed by atoms with Crippen LogP contribution in [0.2, 0.25) is 0 Å². The molecule has 1 N–H and O–H groups in total. The molecule has 1 aromatic heterocycles. The summed E-state index contributed by atoms with van der Waals surface area (Å²) in [4.78, 5) is 19.7.